The number of carbonyl (C=O) groups excluding carboxylic acids is 1. The summed E-state index contributed by atoms with van der Waals surface area (Å²) in [5, 5.41) is 17.4. The number of aromatic nitrogens is 3. The normalized spacial score (nSPS) is 10.4. The minimum Gasteiger partial charge on any atom is -0.306 e. The molecule has 24 heavy (non-hydrogen) atoms. The first kappa shape index (κ1) is 15.3. The summed E-state index contributed by atoms with van der Waals surface area (Å²) in [4.78, 5) is 25.7. The first-order chi connectivity index (χ1) is 11.5. The second-order valence-corrected chi connectivity index (χ2v) is 4.72. The minimum absolute atomic E-state index is 0.0521. The fraction of sp³-hybridized carbons (Fsp3) is 0. The monoisotopic (exact) mass is 327 g/mol. The van der Waals surface area contributed by atoms with Gasteiger partial charge in [0.05, 0.1) is 16.8 Å². The van der Waals surface area contributed by atoms with Gasteiger partial charge in [0.1, 0.15) is 5.82 Å². The highest BCUT2D eigenvalue weighted by Gasteiger charge is 2.12. The number of benzene rings is 1. The van der Waals surface area contributed by atoms with Gasteiger partial charge in [0.2, 0.25) is 5.95 Å². The van der Waals surface area contributed by atoms with Crippen LogP contribution in [0.5, 0.6) is 0 Å². The largest absolute Gasteiger partial charge is 0.306 e. The second-order valence-electron chi connectivity index (χ2n) is 4.72. The Morgan fingerprint density at radius 1 is 1.17 bits per heavy atom. The zero-order valence-corrected chi connectivity index (χ0v) is 12.1. The van der Waals surface area contributed by atoms with Gasteiger partial charge in [-0.3, -0.25) is 14.9 Å². The highest BCUT2D eigenvalue weighted by Crippen LogP contribution is 2.19. The molecule has 1 aromatic carbocycles. The zero-order chi connectivity index (χ0) is 17.1. The molecule has 1 N–H and O–H groups in total. The van der Waals surface area contributed by atoms with Gasteiger partial charge in [-0.2, -0.15) is 9.49 Å². The van der Waals surface area contributed by atoms with Crippen LogP contribution in [0, 0.1) is 16.1 Å². The molecule has 120 valence electrons. The third kappa shape index (κ3) is 3.09. The summed E-state index contributed by atoms with van der Waals surface area (Å²) in [6.07, 6.45) is 2.65. The van der Waals surface area contributed by atoms with Crippen LogP contribution in [0.1, 0.15) is 10.4 Å². The third-order valence-electron chi connectivity index (χ3n) is 3.18. The maximum Gasteiger partial charge on any atom is 0.269 e. The number of anilines is 1. The molecule has 0 radical (unpaired) electrons. The third-order valence-corrected chi connectivity index (χ3v) is 3.18. The topological polar surface area (TPSA) is 103 Å². The number of non-ortho nitro benzene ring substituents is 1. The summed E-state index contributed by atoms with van der Waals surface area (Å²) in [6, 6.07) is 9.63. The van der Waals surface area contributed by atoms with E-state index < -0.39 is 16.8 Å². The lowest BCUT2D eigenvalue weighted by Crippen LogP contribution is -2.15. The predicted octanol–water partition coefficient (Wildman–Crippen LogP) is 2.57. The van der Waals surface area contributed by atoms with E-state index in [9.17, 15) is 19.3 Å². The predicted molar refractivity (Wildman–Crippen MR) is 82.4 cm³/mol. The first-order valence-electron chi connectivity index (χ1n) is 6.76. The van der Waals surface area contributed by atoms with E-state index in [0.717, 1.165) is 6.07 Å². The number of rotatable bonds is 4. The van der Waals surface area contributed by atoms with E-state index in [1.807, 2.05) is 0 Å². The molecule has 0 saturated carbocycles. The lowest BCUT2D eigenvalue weighted by molar-refractivity contribution is -0.384. The molecule has 0 fully saturated rings. The number of nitro benzene ring substituents is 1. The molecule has 0 unspecified atom stereocenters. The Bertz CT molecular complexity index is 907. The maximum absolute atomic E-state index is 13.1. The summed E-state index contributed by atoms with van der Waals surface area (Å²) in [5.74, 6) is -0.947. The van der Waals surface area contributed by atoms with Crippen molar-refractivity contribution in [2.75, 3.05) is 5.32 Å². The zero-order valence-electron chi connectivity index (χ0n) is 12.1. The molecule has 0 spiro atoms. The van der Waals surface area contributed by atoms with Crippen molar-refractivity contribution in [3.05, 3.63) is 76.5 Å². The molecule has 1 amide bonds. The lowest BCUT2D eigenvalue weighted by atomic mass is 10.2. The number of nitrogens with zero attached hydrogens (tertiary/aromatic N) is 4. The molecular weight excluding hydrogens is 317 g/mol. The number of hydrogen-bond acceptors (Lipinski definition) is 5. The van der Waals surface area contributed by atoms with E-state index in [1.165, 1.54) is 47.4 Å². The van der Waals surface area contributed by atoms with Crippen molar-refractivity contribution in [2.45, 2.75) is 0 Å². The average molecular weight is 327 g/mol. The number of nitrogens with one attached hydrogen (secondary N) is 1. The standard InChI is InChI=1S/C15H10FN5O3/c16-13-9-10(5-7-17-13)15(22)19-14-6-8-18-20(14)11-1-3-12(4-2-11)21(23)24/h1-9H,(H,19,22). The van der Waals surface area contributed by atoms with Crippen LogP contribution in [0.25, 0.3) is 5.69 Å². The van der Waals surface area contributed by atoms with Gasteiger partial charge < -0.3 is 5.32 Å². The highest BCUT2D eigenvalue weighted by atomic mass is 19.1. The van der Waals surface area contributed by atoms with Crippen LogP contribution >= 0.6 is 0 Å². The van der Waals surface area contributed by atoms with Gasteiger partial charge in [-0.05, 0) is 18.2 Å². The Kier molecular flexibility index (Phi) is 3.98. The molecule has 2 aromatic heterocycles. The molecule has 0 saturated heterocycles. The number of amides is 1. The van der Waals surface area contributed by atoms with Crippen LogP contribution in [0.2, 0.25) is 0 Å². The maximum atomic E-state index is 13.1. The van der Waals surface area contributed by atoms with Gasteiger partial charge in [0.15, 0.2) is 0 Å². The van der Waals surface area contributed by atoms with Crippen molar-refractivity contribution in [1.29, 1.82) is 0 Å². The van der Waals surface area contributed by atoms with E-state index >= 15 is 0 Å². The quantitative estimate of drug-likeness (QED) is 0.450. The van der Waals surface area contributed by atoms with Crippen LogP contribution in [0.15, 0.2) is 54.9 Å². The van der Waals surface area contributed by atoms with Gasteiger partial charge >= 0.3 is 0 Å². The Morgan fingerprint density at radius 2 is 1.92 bits per heavy atom. The van der Waals surface area contributed by atoms with Gasteiger partial charge in [0, 0.05) is 36.0 Å². The highest BCUT2D eigenvalue weighted by molar-refractivity contribution is 6.03. The number of pyridine rings is 1. The Hall–Kier alpha value is -3.62. The fourth-order valence-electron chi connectivity index (χ4n) is 2.05. The van der Waals surface area contributed by atoms with Gasteiger partial charge in [0.25, 0.3) is 11.6 Å². The number of hydrogen-bond donors (Lipinski definition) is 1. The Morgan fingerprint density at radius 3 is 2.58 bits per heavy atom. The minimum atomic E-state index is -0.758. The van der Waals surface area contributed by atoms with Gasteiger partial charge in [-0.15, -0.1) is 0 Å². The Balaban J connectivity index is 1.85. The van der Waals surface area contributed by atoms with E-state index in [2.05, 4.69) is 15.4 Å². The van der Waals surface area contributed by atoms with Crippen molar-refractivity contribution >= 4 is 17.4 Å². The van der Waals surface area contributed by atoms with Crippen molar-refractivity contribution in [3.8, 4) is 5.69 Å². The van der Waals surface area contributed by atoms with Crippen molar-refractivity contribution in [3.63, 3.8) is 0 Å². The molecule has 2 heterocycles. The summed E-state index contributed by atoms with van der Waals surface area (Å²) in [5.41, 5.74) is 0.588. The molecule has 3 aromatic rings. The molecule has 0 aliphatic rings. The van der Waals surface area contributed by atoms with Gasteiger partial charge in [-0.25, -0.2) is 9.67 Å². The van der Waals surface area contributed by atoms with E-state index in [4.69, 9.17) is 0 Å². The molecule has 8 nitrogen and oxygen atoms in total. The number of halogens is 1. The molecule has 0 aliphatic carbocycles. The molecule has 0 atom stereocenters. The molecular formula is C15H10FN5O3. The van der Waals surface area contributed by atoms with Crippen LogP contribution in [-0.4, -0.2) is 25.6 Å². The molecule has 0 aliphatic heterocycles. The van der Waals surface area contributed by atoms with Crippen LogP contribution in [-0.2, 0) is 0 Å². The van der Waals surface area contributed by atoms with Crippen LogP contribution in [0.4, 0.5) is 15.9 Å². The number of carbonyl (C=O) groups is 1. The van der Waals surface area contributed by atoms with E-state index in [-0.39, 0.29) is 11.3 Å². The first-order valence-corrected chi connectivity index (χ1v) is 6.76. The van der Waals surface area contributed by atoms with E-state index in [0.29, 0.717) is 11.5 Å². The van der Waals surface area contributed by atoms with Crippen LogP contribution < -0.4 is 5.32 Å². The summed E-state index contributed by atoms with van der Waals surface area (Å²) in [6.45, 7) is 0. The second kappa shape index (κ2) is 6.24. The summed E-state index contributed by atoms with van der Waals surface area (Å²) in [7, 11) is 0. The summed E-state index contributed by atoms with van der Waals surface area (Å²) >= 11 is 0. The smallest absolute Gasteiger partial charge is 0.269 e. The van der Waals surface area contributed by atoms with Crippen molar-refractivity contribution in [2.24, 2.45) is 0 Å². The van der Waals surface area contributed by atoms with Crippen molar-refractivity contribution in [1.82, 2.24) is 14.8 Å². The molecule has 0 bridgehead atoms. The SMILES string of the molecule is O=C(Nc1ccnn1-c1ccc([N+](=O)[O-])cc1)c1ccnc(F)c1. The van der Waals surface area contributed by atoms with Gasteiger partial charge in [-0.1, -0.05) is 0 Å². The molecule has 3 rings (SSSR count). The fourth-order valence-corrected chi connectivity index (χ4v) is 2.05. The van der Waals surface area contributed by atoms with Crippen molar-refractivity contribution < 1.29 is 14.1 Å². The lowest BCUT2D eigenvalue weighted by Gasteiger charge is -2.09. The average Bonchev–Trinajstić information content (AvgIpc) is 3.03. The van der Waals surface area contributed by atoms with Crippen LogP contribution in [0.3, 0.4) is 0 Å². The summed E-state index contributed by atoms with van der Waals surface area (Å²) < 4.78 is 14.5. The molecule has 9 heteroatoms. The van der Waals surface area contributed by atoms with E-state index in [1.54, 1.807) is 6.07 Å². The Labute approximate surface area is 134 Å². The number of nitro groups is 1.